The monoisotopic (exact) mass is 475 g/mol. The van der Waals surface area contributed by atoms with Crippen molar-refractivity contribution in [3.8, 4) is 6.08 Å². The zero-order valence-electron chi connectivity index (χ0n) is 19.3. The number of para-hydroxylation sites is 2. The van der Waals surface area contributed by atoms with E-state index in [1.807, 2.05) is 12.1 Å². The third-order valence-corrected chi connectivity index (χ3v) is 10.9. The SMILES string of the molecule is CC(C)(C)[Si](C)(C)OC[C@H]1O[C@@H](n2ccc(=O)[nH]c2=O)[C@H](O)[C@@H]1Oc1nc2ccccc2o1. The Kier molecular flexibility index (Phi) is 6.08. The second-order valence-electron chi connectivity index (χ2n) is 9.67. The molecule has 0 spiro atoms. The first-order chi connectivity index (χ1) is 15.5. The number of nitrogens with zero attached hydrogens (tertiary/aromatic N) is 2. The van der Waals surface area contributed by atoms with E-state index in [0.717, 1.165) is 4.57 Å². The number of fused-ring (bicyclic) bond motifs is 1. The van der Waals surface area contributed by atoms with Crippen molar-refractivity contribution in [2.24, 2.45) is 0 Å². The number of nitrogens with one attached hydrogen (secondary N) is 1. The van der Waals surface area contributed by atoms with Gasteiger partial charge in [-0.25, -0.2) is 4.79 Å². The molecule has 1 aromatic carbocycles. The molecule has 11 heteroatoms. The second kappa shape index (κ2) is 8.56. The maximum absolute atomic E-state index is 12.3. The number of aromatic nitrogens is 3. The summed E-state index contributed by atoms with van der Waals surface area (Å²) in [5, 5.41) is 11.0. The fourth-order valence-corrected chi connectivity index (χ4v) is 4.40. The molecule has 33 heavy (non-hydrogen) atoms. The van der Waals surface area contributed by atoms with Crippen LogP contribution < -0.4 is 16.0 Å². The standard InChI is InChI=1S/C22H29N3O7Si/c1-22(2,3)33(4,5)29-12-15-18(32-21-23-13-8-6-7-9-14(13)31-21)17(27)19(30-15)25-11-10-16(26)24-20(25)28/h6-11,15,17-19,27H,12H2,1-5H3,(H,24,26,28)/t15-,17-,18-,19-/m1/s1. The van der Waals surface area contributed by atoms with Crippen molar-refractivity contribution in [3.63, 3.8) is 0 Å². The third kappa shape index (κ3) is 4.67. The summed E-state index contributed by atoms with van der Waals surface area (Å²) in [6.45, 7) is 10.7. The van der Waals surface area contributed by atoms with Crippen LogP contribution in [0.5, 0.6) is 6.08 Å². The van der Waals surface area contributed by atoms with Crippen molar-refractivity contribution >= 4 is 19.4 Å². The summed E-state index contributed by atoms with van der Waals surface area (Å²) in [5.74, 6) is 0. The van der Waals surface area contributed by atoms with Gasteiger partial charge in [-0.1, -0.05) is 32.9 Å². The smallest absolute Gasteiger partial charge is 0.395 e. The average Bonchev–Trinajstić information content (AvgIpc) is 3.27. The number of ether oxygens (including phenoxy) is 2. The molecule has 3 heterocycles. The minimum Gasteiger partial charge on any atom is -0.441 e. The van der Waals surface area contributed by atoms with Crippen LogP contribution in [-0.4, -0.2) is 52.9 Å². The van der Waals surface area contributed by atoms with E-state index in [1.165, 1.54) is 12.3 Å². The van der Waals surface area contributed by atoms with Gasteiger partial charge in [-0.15, -0.1) is 0 Å². The molecular weight excluding hydrogens is 446 g/mol. The predicted molar refractivity (Wildman–Crippen MR) is 123 cm³/mol. The molecular formula is C22H29N3O7Si. The van der Waals surface area contributed by atoms with Crippen LogP contribution in [0.2, 0.25) is 18.1 Å². The second-order valence-corrected chi connectivity index (χ2v) is 14.5. The Morgan fingerprint density at radius 1 is 1.21 bits per heavy atom. The molecule has 1 fully saturated rings. The maximum atomic E-state index is 12.3. The van der Waals surface area contributed by atoms with Crippen LogP contribution >= 0.6 is 0 Å². The number of hydrogen-bond donors (Lipinski definition) is 2. The van der Waals surface area contributed by atoms with Crippen LogP contribution in [0.1, 0.15) is 27.0 Å². The molecule has 0 amide bonds. The number of aliphatic hydroxyl groups excluding tert-OH is 1. The van der Waals surface area contributed by atoms with Gasteiger partial charge in [-0.2, -0.15) is 4.98 Å². The van der Waals surface area contributed by atoms with Gasteiger partial charge in [-0.05, 0) is 30.3 Å². The van der Waals surface area contributed by atoms with Crippen molar-refractivity contribution in [2.75, 3.05) is 6.61 Å². The normalized spacial score (nSPS) is 23.8. The lowest BCUT2D eigenvalue weighted by atomic mass is 10.1. The minimum absolute atomic E-state index is 0.0179. The predicted octanol–water partition coefficient (Wildman–Crippen LogP) is 2.41. The molecule has 2 N–H and O–H groups in total. The summed E-state index contributed by atoms with van der Waals surface area (Å²) < 4.78 is 25.1. The summed E-state index contributed by atoms with van der Waals surface area (Å²) in [7, 11) is -2.13. The topological polar surface area (TPSA) is 129 Å². The lowest BCUT2D eigenvalue weighted by Crippen LogP contribution is -2.46. The Morgan fingerprint density at radius 3 is 2.61 bits per heavy atom. The number of benzene rings is 1. The molecule has 0 unspecified atom stereocenters. The number of oxazole rings is 1. The van der Waals surface area contributed by atoms with Crippen LogP contribution in [0, 0.1) is 0 Å². The van der Waals surface area contributed by atoms with Crippen molar-refractivity contribution in [1.29, 1.82) is 0 Å². The van der Waals surface area contributed by atoms with Crippen LogP contribution in [-0.2, 0) is 9.16 Å². The van der Waals surface area contributed by atoms with Gasteiger partial charge < -0.3 is 23.4 Å². The molecule has 1 saturated heterocycles. The minimum atomic E-state index is -2.13. The lowest BCUT2D eigenvalue weighted by molar-refractivity contribution is -0.0530. The maximum Gasteiger partial charge on any atom is 0.395 e. The number of aliphatic hydroxyl groups is 1. The van der Waals surface area contributed by atoms with Crippen molar-refractivity contribution in [1.82, 2.24) is 14.5 Å². The van der Waals surface area contributed by atoms with Gasteiger partial charge in [0.15, 0.2) is 26.2 Å². The van der Waals surface area contributed by atoms with E-state index in [0.29, 0.717) is 11.1 Å². The molecule has 4 rings (SSSR count). The Balaban J connectivity index is 1.63. The Morgan fingerprint density at radius 2 is 1.94 bits per heavy atom. The number of aromatic amines is 1. The Bertz CT molecular complexity index is 1210. The molecule has 1 aliphatic rings. The molecule has 2 aromatic heterocycles. The van der Waals surface area contributed by atoms with Crippen LogP contribution in [0.4, 0.5) is 0 Å². The molecule has 3 aromatic rings. The Hall–Kier alpha value is -2.73. The number of rotatable bonds is 6. The zero-order valence-corrected chi connectivity index (χ0v) is 20.3. The molecule has 0 radical (unpaired) electrons. The van der Waals surface area contributed by atoms with Gasteiger partial charge >= 0.3 is 11.8 Å². The third-order valence-electron chi connectivity index (χ3n) is 6.36. The summed E-state index contributed by atoms with van der Waals surface area (Å²) in [6.07, 6.45) is -2.72. The molecule has 0 saturated carbocycles. The quantitative estimate of drug-likeness (QED) is 0.520. The van der Waals surface area contributed by atoms with Gasteiger partial charge in [0.2, 0.25) is 0 Å². The first kappa shape index (κ1) is 23.4. The highest BCUT2D eigenvalue weighted by Crippen LogP contribution is 2.38. The highest BCUT2D eigenvalue weighted by atomic mass is 28.4. The van der Waals surface area contributed by atoms with Gasteiger partial charge in [0.05, 0.1) is 6.61 Å². The average molecular weight is 476 g/mol. The largest absolute Gasteiger partial charge is 0.441 e. The molecule has 10 nitrogen and oxygen atoms in total. The van der Waals surface area contributed by atoms with Gasteiger partial charge in [0, 0.05) is 12.3 Å². The lowest BCUT2D eigenvalue weighted by Gasteiger charge is -2.37. The summed E-state index contributed by atoms with van der Waals surface area (Å²) in [5.41, 5.74) is -0.0780. The molecule has 0 aliphatic carbocycles. The number of hydrogen-bond acceptors (Lipinski definition) is 8. The first-order valence-corrected chi connectivity index (χ1v) is 13.7. The molecule has 4 atom stereocenters. The molecule has 1 aliphatic heterocycles. The van der Waals surface area contributed by atoms with E-state index < -0.39 is 44.1 Å². The molecule has 0 bridgehead atoms. The number of H-pyrrole nitrogens is 1. The zero-order chi connectivity index (χ0) is 24.0. The van der Waals surface area contributed by atoms with Crippen molar-refractivity contribution in [3.05, 3.63) is 57.4 Å². The fourth-order valence-electron chi connectivity index (χ4n) is 3.38. The van der Waals surface area contributed by atoms with E-state index in [-0.39, 0.29) is 17.7 Å². The van der Waals surface area contributed by atoms with E-state index in [2.05, 4.69) is 43.8 Å². The highest BCUT2D eigenvalue weighted by Gasteiger charge is 2.49. The summed E-state index contributed by atoms with van der Waals surface area (Å²) >= 11 is 0. The van der Waals surface area contributed by atoms with Crippen LogP contribution in [0.3, 0.4) is 0 Å². The van der Waals surface area contributed by atoms with Crippen molar-refractivity contribution < 1.29 is 23.4 Å². The van der Waals surface area contributed by atoms with E-state index in [1.54, 1.807) is 12.1 Å². The van der Waals surface area contributed by atoms with Gasteiger partial charge in [0.25, 0.3) is 5.56 Å². The van der Waals surface area contributed by atoms with Crippen LogP contribution in [0.25, 0.3) is 11.1 Å². The van der Waals surface area contributed by atoms with E-state index in [9.17, 15) is 14.7 Å². The van der Waals surface area contributed by atoms with Crippen LogP contribution in [0.15, 0.2) is 50.5 Å². The summed E-state index contributed by atoms with van der Waals surface area (Å²) in [6, 6.07) is 8.38. The summed E-state index contributed by atoms with van der Waals surface area (Å²) in [4.78, 5) is 30.3. The fraction of sp³-hybridized carbons (Fsp3) is 0.500. The van der Waals surface area contributed by atoms with E-state index in [4.69, 9.17) is 18.3 Å². The first-order valence-electron chi connectivity index (χ1n) is 10.8. The highest BCUT2D eigenvalue weighted by molar-refractivity contribution is 6.74. The van der Waals surface area contributed by atoms with E-state index >= 15 is 0 Å². The molecule has 178 valence electrons. The van der Waals surface area contributed by atoms with Gasteiger partial charge in [-0.3, -0.25) is 14.3 Å². The van der Waals surface area contributed by atoms with Crippen molar-refractivity contribution in [2.45, 2.75) is 63.4 Å². The van der Waals surface area contributed by atoms with Gasteiger partial charge in [0.1, 0.15) is 17.7 Å². The Labute approximate surface area is 191 Å².